The van der Waals surface area contributed by atoms with Crippen LogP contribution in [0.2, 0.25) is 0 Å². The van der Waals surface area contributed by atoms with E-state index in [9.17, 15) is 4.79 Å². The first kappa shape index (κ1) is 17.1. The minimum Gasteiger partial charge on any atom is -0.497 e. The number of benzene rings is 1. The summed E-state index contributed by atoms with van der Waals surface area (Å²) in [6.45, 7) is 3.01. The van der Waals surface area contributed by atoms with E-state index < -0.39 is 0 Å². The van der Waals surface area contributed by atoms with E-state index in [2.05, 4.69) is 25.1 Å². The summed E-state index contributed by atoms with van der Waals surface area (Å²) >= 11 is 0. The van der Waals surface area contributed by atoms with Crippen LogP contribution >= 0.6 is 0 Å². The number of rotatable bonds is 4. The van der Waals surface area contributed by atoms with Gasteiger partial charge < -0.3 is 10.5 Å². The van der Waals surface area contributed by atoms with E-state index in [0.29, 0.717) is 29.5 Å². The molecule has 1 aromatic rings. The van der Waals surface area contributed by atoms with Crippen LogP contribution in [0.5, 0.6) is 5.75 Å². The van der Waals surface area contributed by atoms with Gasteiger partial charge in [-0.3, -0.25) is 4.79 Å². The Balaban J connectivity index is 1.66. The molecule has 0 spiro atoms. The zero-order valence-corrected chi connectivity index (χ0v) is 15.6. The molecular formula is C22H31NO2. The fourth-order valence-corrected chi connectivity index (χ4v) is 6.39. The molecule has 2 N–H and O–H groups in total. The highest BCUT2D eigenvalue weighted by Crippen LogP contribution is 2.62. The normalized spacial score (nSPS) is 36.5. The highest BCUT2D eigenvalue weighted by Gasteiger charge is 2.58. The number of methoxy groups -OCH3 is 1. The zero-order valence-electron chi connectivity index (χ0n) is 15.6. The van der Waals surface area contributed by atoms with Gasteiger partial charge in [0.25, 0.3) is 0 Å². The van der Waals surface area contributed by atoms with Gasteiger partial charge in [0.1, 0.15) is 11.5 Å². The molecule has 3 nitrogen and oxygen atoms in total. The molecule has 0 radical (unpaired) electrons. The highest BCUT2D eigenvalue weighted by atomic mass is 16.5. The van der Waals surface area contributed by atoms with E-state index in [1.54, 1.807) is 7.11 Å². The van der Waals surface area contributed by atoms with E-state index >= 15 is 0 Å². The van der Waals surface area contributed by atoms with Crippen LogP contribution in [0.3, 0.4) is 0 Å². The average molecular weight is 341 g/mol. The van der Waals surface area contributed by atoms with Gasteiger partial charge in [-0.2, -0.15) is 0 Å². The molecule has 136 valence electrons. The Hall–Kier alpha value is -1.35. The number of carbonyl (C=O) groups excluding carboxylic acids is 1. The van der Waals surface area contributed by atoms with Crippen molar-refractivity contribution < 1.29 is 9.53 Å². The number of ketones is 1. The average Bonchev–Trinajstić information content (AvgIpc) is 2.89. The first-order valence-electron chi connectivity index (χ1n) is 9.98. The summed E-state index contributed by atoms with van der Waals surface area (Å²) in [6.07, 6.45) is 7.53. The molecule has 5 atom stereocenters. The lowest BCUT2D eigenvalue weighted by Gasteiger charge is -2.50. The third-order valence-corrected chi connectivity index (χ3v) is 7.56. The summed E-state index contributed by atoms with van der Waals surface area (Å²) in [5.41, 5.74) is 8.68. The molecule has 3 heteroatoms. The fourth-order valence-electron chi connectivity index (χ4n) is 6.39. The first-order valence-corrected chi connectivity index (χ1v) is 9.98. The van der Waals surface area contributed by atoms with Gasteiger partial charge in [0.2, 0.25) is 0 Å². The lowest BCUT2D eigenvalue weighted by atomic mass is 9.54. The van der Waals surface area contributed by atoms with Crippen LogP contribution in [0.1, 0.15) is 62.5 Å². The van der Waals surface area contributed by atoms with E-state index in [1.165, 1.54) is 17.5 Å². The Labute approximate surface area is 151 Å². The topological polar surface area (TPSA) is 52.3 Å². The second-order valence-corrected chi connectivity index (χ2v) is 8.67. The molecule has 0 heterocycles. The summed E-state index contributed by atoms with van der Waals surface area (Å²) in [7, 11) is 1.74. The molecule has 4 rings (SSSR count). The maximum atomic E-state index is 12.9. The van der Waals surface area contributed by atoms with Gasteiger partial charge in [0.05, 0.1) is 7.11 Å². The molecule has 0 aliphatic heterocycles. The molecule has 0 saturated heterocycles. The predicted molar refractivity (Wildman–Crippen MR) is 99.8 cm³/mol. The van der Waals surface area contributed by atoms with E-state index in [1.807, 2.05) is 0 Å². The monoisotopic (exact) mass is 341 g/mol. The number of carbonyl (C=O) groups is 1. The smallest absolute Gasteiger partial charge is 0.139 e. The summed E-state index contributed by atoms with van der Waals surface area (Å²) < 4.78 is 5.42. The Morgan fingerprint density at radius 2 is 2.16 bits per heavy atom. The van der Waals surface area contributed by atoms with Crippen molar-refractivity contribution in [3.05, 3.63) is 29.3 Å². The maximum Gasteiger partial charge on any atom is 0.139 e. The van der Waals surface area contributed by atoms with Crippen molar-refractivity contribution in [2.24, 2.45) is 28.9 Å². The van der Waals surface area contributed by atoms with E-state index in [0.717, 1.165) is 50.8 Å². The van der Waals surface area contributed by atoms with Crippen molar-refractivity contribution in [3.8, 4) is 5.75 Å². The van der Waals surface area contributed by atoms with Crippen LogP contribution in [0, 0.1) is 23.2 Å². The molecule has 2 fully saturated rings. The standard InChI is InChI=1S/C22H31NO2/c1-22-10-9-18-17-8-6-16(25-2)12-14(17)5-7-19(18)21(22)15(4-3-11-23)13-20(22)24/h6,8,12,15,18-19,21H,3-5,7,9-11,13,23H2,1-2H3/t15-,18-,19-,21+,22-/m1/s1. The molecule has 0 bridgehead atoms. The second kappa shape index (κ2) is 6.42. The fraction of sp³-hybridized carbons (Fsp3) is 0.682. The Bertz CT molecular complexity index is 670. The number of hydrogen-bond acceptors (Lipinski definition) is 3. The van der Waals surface area contributed by atoms with Crippen LogP contribution in [0.15, 0.2) is 18.2 Å². The summed E-state index contributed by atoms with van der Waals surface area (Å²) in [5.74, 6) is 3.88. The quantitative estimate of drug-likeness (QED) is 0.897. The van der Waals surface area contributed by atoms with Crippen LogP contribution in [-0.2, 0) is 11.2 Å². The SMILES string of the molecule is COc1ccc2c(c1)CC[C@H]1[C@@H]3[C@H](CCCN)CC(=O)[C@@]3(C)CC[C@H]21. The third kappa shape index (κ3) is 2.63. The van der Waals surface area contributed by atoms with Crippen molar-refractivity contribution in [3.63, 3.8) is 0 Å². The molecule has 3 aliphatic rings. The van der Waals surface area contributed by atoms with Crippen molar-refractivity contribution in [2.45, 2.75) is 57.8 Å². The molecule has 0 aromatic heterocycles. The number of fused-ring (bicyclic) bond motifs is 5. The lowest BCUT2D eigenvalue weighted by molar-refractivity contribution is -0.129. The Kier molecular flexibility index (Phi) is 4.39. The molecule has 3 aliphatic carbocycles. The molecular weight excluding hydrogens is 310 g/mol. The molecule has 0 unspecified atom stereocenters. The number of ether oxygens (including phenoxy) is 1. The molecule has 25 heavy (non-hydrogen) atoms. The molecule has 0 amide bonds. The minimum atomic E-state index is -0.0790. The van der Waals surface area contributed by atoms with Crippen LogP contribution in [-0.4, -0.2) is 19.4 Å². The number of hydrogen-bond donors (Lipinski definition) is 1. The van der Waals surface area contributed by atoms with Gasteiger partial charge >= 0.3 is 0 Å². The van der Waals surface area contributed by atoms with Crippen molar-refractivity contribution in [2.75, 3.05) is 13.7 Å². The van der Waals surface area contributed by atoms with Gasteiger partial charge in [-0.05, 0) is 92.0 Å². The number of Topliss-reactive ketones (excluding diaryl/α,β-unsaturated/α-hetero) is 1. The summed E-state index contributed by atoms with van der Waals surface area (Å²) in [5, 5.41) is 0. The van der Waals surface area contributed by atoms with Gasteiger partial charge in [-0.25, -0.2) is 0 Å². The third-order valence-electron chi connectivity index (χ3n) is 7.56. The van der Waals surface area contributed by atoms with Gasteiger partial charge in [0, 0.05) is 11.8 Å². The second-order valence-electron chi connectivity index (χ2n) is 8.67. The van der Waals surface area contributed by atoms with Gasteiger partial charge in [-0.1, -0.05) is 13.0 Å². The largest absolute Gasteiger partial charge is 0.497 e. The number of aryl methyl sites for hydroxylation is 1. The number of nitrogens with two attached hydrogens (primary N) is 1. The van der Waals surface area contributed by atoms with Crippen LogP contribution in [0.25, 0.3) is 0 Å². The molecule has 2 saturated carbocycles. The van der Waals surface area contributed by atoms with Crippen molar-refractivity contribution in [1.82, 2.24) is 0 Å². The Morgan fingerprint density at radius 1 is 1.32 bits per heavy atom. The van der Waals surface area contributed by atoms with Crippen LogP contribution in [0.4, 0.5) is 0 Å². The van der Waals surface area contributed by atoms with Crippen LogP contribution < -0.4 is 10.5 Å². The minimum absolute atomic E-state index is 0.0790. The molecule has 1 aromatic carbocycles. The zero-order chi connectivity index (χ0) is 17.6. The maximum absolute atomic E-state index is 12.9. The Morgan fingerprint density at radius 3 is 2.92 bits per heavy atom. The van der Waals surface area contributed by atoms with Crippen molar-refractivity contribution >= 4 is 5.78 Å². The lowest BCUT2D eigenvalue weighted by Crippen LogP contribution is -2.44. The highest BCUT2D eigenvalue weighted by molar-refractivity contribution is 5.87. The van der Waals surface area contributed by atoms with E-state index in [4.69, 9.17) is 10.5 Å². The van der Waals surface area contributed by atoms with Crippen molar-refractivity contribution in [1.29, 1.82) is 0 Å². The summed E-state index contributed by atoms with van der Waals surface area (Å²) in [4.78, 5) is 12.9. The van der Waals surface area contributed by atoms with E-state index in [-0.39, 0.29) is 5.41 Å². The van der Waals surface area contributed by atoms with Gasteiger partial charge in [0.15, 0.2) is 0 Å². The predicted octanol–water partition coefficient (Wildman–Crippen LogP) is 4.09. The summed E-state index contributed by atoms with van der Waals surface area (Å²) in [6, 6.07) is 6.63. The first-order chi connectivity index (χ1) is 12.1. The van der Waals surface area contributed by atoms with Gasteiger partial charge in [-0.15, -0.1) is 0 Å².